The Labute approximate surface area is 149 Å². The minimum Gasteiger partial charge on any atom is -0.290 e. The summed E-state index contributed by atoms with van der Waals surface area (Å²) in [6, 6.07) is 3.88. The molecule has 25 heavy (non-hydrogen) atoms. The molecule has 1 unspecified atom stereocenters. The molecule has 0 amide bonds. The highest BCUT2D eigenvalue weighted by Crippen LogP contribution is 2.27. The Hall–Kier alpha value is -1.67. The molecule has 1 aliphatic heterocycles. The van der Waals surface area contributed by atoms with Crippen molar-refractivity contribution in [3.05, 3.63) is 28.3 Å². The van der Waals surface area contributed by atoms with Crippen LogP contribution in [0.2, 0.25) is 0 Å². The summed E-state index contributed by atoms with van der Waals surface area (Å²) < 4.78 is 27.4. The van der Waals surface area contributed by atoms with E-state index in [1.54, 1.807) is 16.2 Å². The molecule has 0 radical (unpaired) electrons. The average Bonchev–Trinajstić information content (AvgIpc) is 2.78. The molecule has 138 valence electrons. The van der Waals surface area contributed by atoms with E-state index in [-0.39, 0.29) is 17.0 Å². The normalized spacial score (nSPS) is 19.8. The van der Waals surface area contributed by atoms with Crippen LogP contribution in [0.25, 0.3) is 11.2 Å². The van der Waals surface area contributed by atoms with Crippen molar-refractivity contribution in [3.8, 4) is 0 Å². The van der Waals surface area contributed by atoms with Gasteiger partial charge in [-0.2, -0.15) is 0 Å². The second-order valence-corrected chi connectivity index (χ2v) is 9.10. The highest BCUT2D eigenvalue weighted by molar-refractivity contribution is 7.69. The van der Waals surface area contributed by atoms with Crippen LogP contribution in [-0.4, -0.2) is 39.9 Å². The maximum Gasteiger partial charge on any atom is 0.330 e. The van der Waals surface area contributed by atoms with Crippen molar-refractivity contribution < 1.29 is 8.42 Å². The highest BCUT2D eigenvalue weighted by Gasteiger charge is 2.25. The molecular formula is C17H26N4O3S. The monoisotopic (exact) mass is 366 g/mol. The number of fused-ring (bicyclic) bond motifs is 1. The number of aromatic nitrogens is 3. The topological polar surface area (TPSA) is 77.2 Å². The molecule has 3 heterocycles. The Morgan fingerprint density at radius 3 is 2.64 bits per heavy atom. The molecule has 0 aliphatic carbocycles. The number of nitrogens with zero attached hydrogens (tertiary/aromatic N) is 4. The quantitative estimate of drug-likeness (QED) is 0.835. The van der Waals surface area contributed by atoms with E-state index in [9.17, 15) is 13.2 Å². The Morgan fingerprint density at radius 1 is 1.28 bits per heavy atom. The van der Waals surface area contributed by atoms with E-state index in [0.29, 0.717) is 25.3 Å². The molecule has 0 spiro atoms. The van der Waals surface area contributed by atoms with Crippen molar-refractivity contribution >= 4 is 22.1 Å². The second kappa shape index (κ2) is 6.57. The standard InChI is InChI=1S/C17H26N4O3S/c1-17(2,3)11-21-14-8-7-13(18-15(14)19(4)16(21)22)12-6-5-9-20(10-12)25(23)24/h7-8,12,25H,5-6,9-11H2,1-4H3. The number of rotatable bonds is 3. The molecule has 0 bridgehead atoms. The van der Waals surface area contributed by atoms with Crippen molar-refractivity contribution in [3.63, 3.8) is 0 Å². The van der Waals surface area contributed by atoms with Crippen LogP contribution in [0.5, 0.6) is 0 Å². The third kappa shape index (κ3) is 3.64. The fourth-order valence-corrected chi connectivity index (χ4v) is 4.12. The van der Waals surface area contributed by atoms with Crippen molar-refractivity contribution in [2.24, 2.45) is 12.5 Å². The molecule has 3 rings (SSSR count). The maximum absolute atomic E-state index is 12.6. The van der Waals surface area contributed by atoms with E-state index in [0.717, 1.165) is 24.1 Å². The predicted octanol–water partition coefficient (Wildman–Crippen LogP) is 1.49. The smallest absolute Gasteiger partial charge is 0.290 e. The van der Waals surface area contributed by atoms with Gasteiger partial charge in [-0.15, -0.1) is 0 Å². The molecule has 2 aromatic heterocycles. The zero-order valence-electron chi connectivity index (χ0n) is 15.2. The number of hydrogen-bond acceptors (Lipinski definition) is 4. The van der Waals surface area contributed by atoms with E-state index < -0.39 is 10.9 Å². The summed E-state index contributed by atoms with van der Waals surface area (Å²) in [5.41, 5.74) is 2.27. The van der Waals surface area contributed by atoms with Gasteiger partial charge in [-0.05, 0) is 30.4 Å². The van der Waals surface area contributed by atoms with Gasteiger partial charge >= 0.3 is 5.69 Å². The third-order valence-corrected chi connectivity index (χ3v) is 5.51. The number of hydrogen-bond donors (Lipinski definition) is 1. The zero-order chi connectivity index (χ0) is 18.4. The van der Waals surface area contributed by atoms with Crippen molar-refractivity contribution in [2.45, 2.75) is 46.1 Å². The molecule has 0 N–H and O–H groups in total. The van der Waals surface area contributed by atoms with Gasteiger partial charge in [0.25, 0.3) is 0 Å². The van der Waals surface area contributed by atoms with Crippen LogP contribution < -0.4 is 5.69 Å². The molecule has 1 saturated heterocycles. The Kier molecular flexibility index (Phi) is 4.76. The number of imidazole rings is 1. The number of piperidine rings is 1. The summed E-state index contributed by atoms with van der Waals surface area (Å²) in [5.74, 6) is 0.0760. The van der Waals surface area contributed by atoms with Crippen LogP contribution in [0.1, 0.15) is 45.2 Å². The lowest BCUT2D eigenvalue weighted by molar-refractivity contribution is 0.320. The van der Waals surface area contributed by atoms with Gasteiger partial charge in [0.05, 0.1) is 5.52 Å². The maximum atomic E-state index is 12.6. The van der Waals surface area contributed by atoms with E-state index in [1.165, 1.54) is 4.31 Å². The van der Waals surface area contributed by atoms with Crippen LogP contribution in [0, 0.1) is 5.41 Å². The highest BCUT2D eigenvalue weighted by atomic mass is 32.2. The predicted molar refractivity (Wildman–Crippen MR) is 98.3 cm³/mol. The number of pyridine rings is 1. The molecule has 7 nitrogen and oxygen atoms in total. The van der Waals surface area contributed by atoms with E-state index in [1.807, 2.05) is 12.1 Å². The summed E-state index contributed by atoms with van der Waals surface area (Å²) in [5, 5.41) is 0. The van der Waals surface area contributed by atoms with Gasteiger partial charge in [-0.3, -0.25) is 9.13 Å². The minimum atomic E-state index is -2.55. The van der Waals surface area contributed by atoms with Crippen molar-refractivity contribution in [1.29, 1.82) is 0 Å². The van der Waals surface area contributed by atoms with Gasteiger partial charge in [-0.1, -0.05) is 20.8 Å². The largest absolute Gasteiger partial charge is 0.330 e. The van der Waals surface area contributed by atoms with Crippen molar-refractivity contribution in [1.82, 2.24) is 18.4 Å². The van der Waals surface area contributed by atoms with Crippen molar-refractivity contribution in [2.75, 3.05) is 13.1 Å². The lowest BCUT2D eigenvalue weighted by Gasteiger charge is -2.28. The van der Waals surface area contributed by atoms with Gasteiger partial charge < -0.3 is 0 Å². The summed E-state index contributed by atoms with van der Waals surface area (Å²) >= 11 is 0. The van der Waals surface area contributed by atoms with Crippen LogP contribution in [0.15, 0.2) is 16.9 Å². The zero-order valence-corrected chi connectivity index (χ0v) is 16.1. The lowest BCUT2D eigenvalue weighted by atomic mass is 9.95. The van der Waals surface area contributed by atoms with Crippen LogP contribution >= 0.6 is 0 Å². The molecular weight excluding hydrogens is 340 g/mol. The second-order valence-electron chi connectivity index (χ2n) is 8.06. The molecule has 1 atom stereocenters. The summed E-state index contributed by atoms with van der Waals surface area (Å²) in [7, 11) is -0.809. The molecule has 2 aromatic rings. The molecule has 8 heteroatoms. The Bertz CT molecular complexity index is 912. The lowest BCUT2D eigenvalue weighted by Crippen LogP contribution is -2.33. The molecule has 0 aromatic carbocycles. The van der Waals surface area contributed by atoms with Crippen LogP contribution in [0.3, 0.4) is 0 Å². The van der Waals surface area contributed by atoms with Gasteiger partial charge in [0, 0.05) is 38.3 Å². The Morgan fingerprint density at radius 2 is 2.00 bits per heavy atom. The average molecular weight is 366 g/mol. The summed E-state index contributed by atoms with van der Waals surface area (Å²) in [6.07, 6.45) is 1.74. The number of thiol groups is 1. The molecule has 1 aliphatic rings. The van der Waals surface area contributed by atoms with Gasteiger partial charge in [0.15, 0.2) is 5.65 Å². The van der Waals surface area contributed by atoms with Gasteiger partial charge in [0.1, 0.15) is 0 Å². The van der Waals surface area contributed by atoms with E-state index in [4.69, 9.17) is 4.98 Å². The van der Waals surface area contributed by atoms with E-state index >= 15 is 0 Å². The minimum absolute atomic E-state index is 0.0138. The van der Waals surface area contributed by atoms with Gasteiger partial charge in [0.2, 0.25) is 10.9 Å². The first kappa shape index (κ1) is 18.1. The SMILES string of the molecule is Cn1c(=O)n(CC(C)(C)C)c2ccc(C3CCCN([SH](=O)=O)C3)nc21. The molecule has 0 saturated carbocycles. The first-order chi connectivity index (χ1) is 11.7. The summed E-state index contributed by atoms with van der Waals surface area (Å²) in [4.78, 5) is 17.3. The van der Waals surface area contributed by atoms with Crippen LogP contribution in [-0.2, 0) is 24.5 Å². The number of aryl methyl sites for hydroxylation is 1. The fourth-order valence-electron chi connectivity index (χ4n) is 3.49. The van der Waals surface area contributed by atoms with Gasteiger partial charge in [-0.25, -0.2) is 22.5 Å². The third-order valence-electron chi connectivity index (χ3n) is 4.68. The fraction of sp³-hybridized carbons (Fsp3) is 0.647. The van der Waals surface area contributed by atoms with Crippen LogP contribution in [0.4, 0.5) is 0 Å². The molecule has 1 fully saturated rings. The first-order valence-corrected chi connectivity index (χ1v) is 9.76. The Balaban J connectivity index is 2.01. The summed E-state index contributed by atoms with van der Waals surface area (Å²) in [6.45, 7) is 7.96. The van der Waals surface area contributed by atoms with E-state index in [2.05, 4.69) is 20.8 Å². The first-order valence-electron chi connectivity index (χ1n) is 8.63.